The van der Waals surface area contributed by atoms with Gasteiger partial charge in [-0.05, 0) is 31.2 Å². The molecule has 0 radical (unpaired) electrons. The summed E-state index contributed by atoms with van der Waals surface area (Å²) in [7, 11) is 0. The zero-order chi connectivity index (χ0) is 14.3. The van der Waals surface area contributed by atoms with E-state index in [4.69, 9.17) is 0 Å². The summed E-state index contributed by atoms with van der Waals surface area (Å²) in [5, 5.41) is 0. The van der Waals surface area contributed by atoms with Crippen LogP contribution in [-0.2, 0) is 5.41 Å². The zero-order valence-corrected chi connectivity index (χ0v) is 12.0. The van der Waals surface area contributed by atoms with Crippen molar-refractivity contribution in [2.45, 2.75) is 51.4 Å². The van der Waals surface area contributed by atoms with Crippen LogP contribution in [0.25, 0.3) is 11.0 Å². The SMILES string of the molecule is CC(C)CC1(c2nc3c(F)cc(F)cc3[nH]2)CCCC1. The molecular weight excluding hydrogens is 258 g/mol. The van der Waals surface area contributed by atoms with E-state index in [0.29, 0.717) is 11.4 Å². The van der Waals surface area contributed by atoms with E-state index >= 15 is 0 Å². The number of nitrogens with zero attached hydrogens (tertiary/aromatic N) is 1. The maximum atomic E-state index is 13.8. The number of aromatic nitrogens is 2. The molecule has 1 aliphatic rings. The Kier molecular flexibility index (Phi) is 3.27. The molecule has 0 amide bonds. The molecule has 3 rings (SSSR count). The molecule has 20 heavy (non-hydrogen) atoms. The monoisotopic (exact) mass is 278 g/mol. The van der Waals surface area contributed by atoms with E-state index in [0.717, 1.165) is 31.2 Å². The van der Waals surface area contributed by atoms with Gasteiger partial charge >= 0.3 is 0 Å². The third-order valence-corrected chi connectivity index (χ3v) is 4.37. The number of H-pyrrole nitrogens is 1. The summed E-state index contributed by atoms with van der Waals surface area (Å²) in [5.74, 6) is 0.251. The topological polar surface area (TPSA) is 28.7 Å². The number of hydrogen-bond donors (Lipinski definition) is 1. The van der Waals surface area contributed by atoms with Crippen LogP contribution in [0.2, 0.25) is 0 Å². The van der Waals surface area contributed by atoms with Gasteiger partial charge in [0, 0.05) is 11.5 Å². The van der Waals surface area contributed by atoms with Crippen molar-refractivity contribution in [3.05, 3.63) is 29.6 Å². The van der Waals surface area contributed by atoms with E-state index in [1.165, 1.54) is 18.9 Å². The van der Waals surface area contributed by atoms with E-state index in [1.54, 1.807) is 0 Å². The minimum atomic E-state index is -0.583. The first-order chi connectivity index (χ1) is 9.50. The average molecular weight is 278 g/mol. The van der Waals surface area contributed by atoms with Gasteiger partial charge in [-0.1, -0.05) is 26.7 Å². The Bertz CT molecular complexity index is 625. The van der Waals surface area contributed by atoms with Gasteiger partial charge in [-0.15, -0.1) is 0 Å². The molecule has 0 atom stereocenters. The van der Waals surface area contributed by atoms with Crippen molar-refractivity contribution < 1.29 is 8.78 Å². The number of imidazole rings is 1. The Hall–Kier alpha value is -1.45. The summed E-state index contributed by atoms with van der Waals surface area (Å²) >= 11 is 0. The molecule has 0 saturated heterocycles. The standard InChI is InChI=1S/C16H20F2N2/c1-10(2)9-16(5-3-4-6-16)15-19-13-8-11(17)7-12(18)14(13)20-15/h7-8,10H,3-6,9H2,1-2H3,(H,19,20). The maximum absolute atomic E-state index is 13.8. The molecule has 1 N–H and O–H groups in total. The molecule has 1 aliphatic carbocycles. The van der Waals surface area contributed by atoms with Crippen molar-refractivity contribution in [3.63, 3.8) is 0 Å². The fraction of sp³-hybridized carbons (Fsp3) is 0.562. The maximum Gasteiger partial charge on any atom is 0.153 e. The lowest BCUT2D eigenvalue weighted by Gasteiger charge is -2.28. The van der Waals surface area contributed by atoms with Gasteiger partial charge < -0.3 is 4.98 Å². The van der Waals surface area contributed by atoms with E-state index < -0.39 is 11.6 Å². The molecule has 1 aromatic carbocycles. The van der Waals surface area contributed by atoms with Crippen molar-refractivity contribution in [1.82, 2.24) is 9.97 Å². The number of aromatic amines is 1. The van der Waals surface area contributed by atoms with Crippen LogP contribution in [0.4, 0.5) is 8.78 Å². The highest BCUT2D eigenvalue weighted by Crippen LogP contribution is 2.45. The average Bonchev–Trinajstić information content (AvgIpc) is 2.95. The molecule has 108 valence electrons. The molecule has 1 heterocycles. The van der Waals surface area contributed by atoms with Gasteiger partial charge in [0.15, 0.2) is 5.82 Å². The van der Waals surface area contributed by atoms with Gasteiger partial charge in [0.25, 0.3) is 0 Å². The summed E-state index contributed by atoms with van der Waals surface area (Å²) < 4.78 is 27.1. The molecular formula is C16H20F2N2. The van der Waals surface area contributed by atoms with Crippen molar-refractivity contribution in [3.8, 4) is 0 Å². The first kappa shape index (κ1) is 13.5. The lowest BCUT2D eigenvalue weighted by atomic mass is 9.78. The summed E-state index contributed by atoms with van der Waals surface area (Å²) in [6.45, 7) is 4.39. The van der Waals surface area contributed by atoms with Crippen LogP contribution in [-0.4, -0.2) is 9.97 Å². The summed E-state index contributed by atoms with van der Waals surface area (Å²) in [6.07, 6.45) is 5.56. The minimum absolute atomic E-state index is 0.0100. The molecule has 0 unspecified atom stereocenters. The lowest BCUT2D eigenvalue weighted by Crippen LogP contribution is -2.25. The number of fused-ring (bicyclic) bond motifs is 1. The zero-order valence-electron chi connectivity index (χ0n) is 12.0. The van der Waals surface area contributed by atoms with E-state index in [-0.39, 0.29) is 10.9 Å². The van der Waals surface area contributed by atoms with Crippen LogP contribution >= 0.6 is 0 Å². The van der Waals surface area contributed by atoms with Crippen molar-refractivity contribution in [2.24, 2.45) is 5.92 Å². The molecule has 1 fully saturated rings. The van der Waals surface area contributed by atoms with Crippen LogP contribution in [0.1, 0.15) is 51.8 Å². The smallest absolute Gasteiger partial charge is 0.153 e. The van der Waals surface area contributed by atoms with Gasteiger partial charge in [0.1, 0.15) is 17.2 Å². The Labute approximate surface area is 117 Å². The van der Waals surface area contributed by atoms with E-state index in [2.05, 4.69) is 23.8 Å². The van der Waals surface area contributed by atoms with E-state index in [1.807, 2.05) is 0 Å². The highest BCUT2D eigenvalue weighted by atomic mass is 19.1. The first-order valence-corrected chi connectivity index (χ1v) is 7.35. The Morgan fingerprint density at radius 3 is 2.60 bits per heavy atom. The number of halogens is 2. The first-order valence-electron chi connectivity index (χ1n) is 7.35. The second kappa shape index (κ2) is 4.83. The van der Waals surface area contributed by atoms with Gasteiger partial charge in [-0.2, -0.15) is 0 Å². The lowest BCUT2D eigenvalue weighted by molar-refractivity contribution is 0.331. The Morgan fingerprint density at radius 1 is 1.25 bits per heavy atom. The normalized spacial score (nSPS) is 18.2. The second-order valence-electron chi connectivity index (χ2n) is 6.45. The number of hydrogen-bond acceptors (Lipinski definition) is 1. The number of rotatable bonds is 3. The van der Waals surface area contributed by atoms with Crippen LogP contribution in [0.3, 0.4) is 0 Å². The van der Waals surface area contributed by atoms with E-state index in [9.17, 15) is 8.78 Å². The third-order valence-electron chi connectivity index (χ3n) is 4.37. The predicted octanol–water partition coefficient (Wildman–Crippen LogP) is 4.70. The molecule has 0 aliphatic heterocycles. The summed E-state index contributed by atoms with van der Waals surface area (Å²) in [5.41, 5.74) is 0.736. The Balaban J connectivity index is 2.10. The van der Waals surface area contributed by atoms with Gasteiger partial charge in [0.05, 0.1) is 5.52 Å². The van der Waals surface area contributed by atoms with Crippen LogP contribution < -0.4 is 0 Å². The number of benzene rings is 1. The van der Waals surface area contributed by atoms with Gasteiger partial charge in [0.2, 0.25) is 0 Å². The highest BCUT2D eigenvalue weighted by molar-refractivity contribution is 5.76. The largest absolute Gasteiger partial charge is 0.341 e. The third kappa shape index (κ3) is 2.21. The molecule has 0 bridgehead atoms. The highest BCUT2D eigenvalue weighted by Gasteiger charge is 2.39. The second-order valence-corrected chi connectivity index (χ2v) is 6.45. The predicted molar refractivity (Wildman–Crippen MR) is 75.6 cm³/mol. The molecule has 1 aromatic heterocycles. The molecule has 1 saturated carbocycles. The minimum Gasteiger partial charge on any atom is -0.341 e. The number of nitrogens with one attached hydrogen (secondary N) is 1. The molecule has 4 heteroatoms. The van der Waals surface area contributed by atoms with Gasteiger partial charge in [-0.3, -0.25) is 0 Å². The fourth-order valence-electron chi connectivity index (χ4n) is 3.66. The van der Waals surface area contributed by atoms with Gasteiger partial charge in [-0.25, -0.2) is 13.8 Å². The fourth-order valence-corrected chi connectivity index (χ4v) is 3.66. The van der Waals surface area contributed by atoms with Crippen molar-refractivity contribution in [2.75, 3.05) is 0 Å². The van der Waals surface area contributed by atoms with Crippen LogP contribution in [0.5, 0.6) is 0 Å². The quantitative estimate of drug-likeness (QED) is 0.866. The van der Waals surface area contributed by atoms with Crippen molar-refractivity contribution in [1.29, 1.82) is 0 Å². The molecule has 2 nitrogen and oxygen atoms in total. The molecule has 2 aromatic rings. The molecule has 0 spiro atoms. The van der Waals surface area contributed by atoms with Crippen LogP contribution in [0, 0.1) is 17.6 Å². The van der Waals surface area contributed by atoms with Crippen LogP contribution in [0.15, 0.2) is 12.1 Å². The Morgan fingerprint density at radius 2 is 1.95 bits per heavy atom. The summed E-state index contributed by atoms with van der Waals surface area (Å²) in [6, 6.07) is 2.23. The summed E-state index contributed by atoms with van der Waals surface area (Å²) in [4.78, 5) is 7.64. The van der Waals surface area contributed by atoms with Crippen molar-refractivity contribution >= 4 is 11.0 Å².